The van der Waals surface area contributed by atoms with Crippen LogP contribution in [-0.2, 0) is 10.0 Å². The molecule has 4 rings (SSSR count). The van der Waals surface area contributed by atoms with Crippen LogP contribution in [0.2, 0.25) is 5.02 Å². The molecule has 0 aliphatic carbocycles. The standard InChI is InChI=1S/C23H26ClNO5S/c1-4-29-17-5-7-18(8-6-17)31(27,28)25-11-9-23(10-12-25)14-19(26)21-16(3)22(24)15(2)13-20(21)30-23/h5-8,13H,4,9-12,14H2,1-3H3. The molecule has 0 unspecified atom stereocenters. The third-order valence-electron chi connectivity index (χ3n) is 6.14. The molecular formula is C23H26ClNO5S. The molecule has 2 heterocycles. The van der Waals surface area contributed by atoms with E-state index in [1.807, 2.05) is 26.8 Å². The van der Waals surface area contributed by atoms with Crippen molar-refractivity contribution in [1.82, 2.24) is 4.31 Å². The lowest BCUT2D eigenvalue weighted by molar-refractivity contribution is 0.00578. The number of sulfonamides is 1. The van der Waals surface area contributed by atoms with E-state index in [4.69, 9.17) is 21.1 Å². The van der Waals surface area contributed by atoms with Crippen molar-refractivity contribution < 1.29 is 22.7 Å². The van der Waals surface area contributed by atoms with Gasteiger partial charge < -0.3 is 9.47 Å². The third kappa shape index (κ3) is 3.95. The Hall–Kier alpha value is -2.09. The first-order chi connectivity index (χ1) is 14.7. The summed E-state index contributed by atoms with van der Waals surface area (Å²) in [6.45, 7) is 6.71. The molecular weight excluding hydrogens is 438 g/mol. The summed E-state index contributed by atoms with van der Waals surface area (Å²) in [6, 6.07) is 8.27. The predicted octanol–water partition coefficient (Wildman–Crippen LogP) is 4.54. The minimum Gasteiger partial charge on any atom is -0.494 e. The normalized spacial score (nSPS) is 18.5. The Morgan fingerprint density at radius 2 is 1.81 bits per heavy atom. The Morgan fingerprint density at radius 1 is 1.16 bits per heavy atom. The van der Waals surface area contributed by atoms with Gasteiger partial charge in [0.05, 0.1) is 23.5 Å². The van der Waals surface area contributed by atoms with Gasteiger partial charge >= 0.3 is 0 Å². The van der Waals surface area contributed by atoms with Crippen molar-refractivity contribution in [3.8, 4) is 11.5 Å². The van der Waals surface area contributed by atoms with Crippen molar-refractivity contribution in [2.75, 3.05) is 19.7 Å². The zero-order valence-electron chi connectivity index (χ0n) is 17.9. The second-order valence-corrected chi connectivity index (χ2v) is 10.5. The molecule has 2 aromatic carbocycles. The molecule has 8 heteroatoms. The quantitative estimate of drug-likeness (QED) is 0.665. The van der Waals surface area contributed by atoms with Crippen molar-refractivity contribution in [1.29, 1.82) is 0 Å². The maximum absolute atomic E-state index is 13.1. The van der Waals surface area contributed by atoms with Crippen molar-refractivity contribution in [2.45, 2.75) is 50.5 Å². The van der Waals surface area contributed by atoms with Crippen LogP contribution in [0.25, 0.3) is 0 Å². The number of hydrogen-bond donors (Lipinski definition) is 0. The molecule has 6 nitrogen and oxygen atoms in total. The van der Waals surface area contributed by atoms with E-state index in [0.29, 0.717) is 54.6 Å². The smallest absolute Gasteiger partial charge is 0.243 e. The van der Waals surface area contributed by atoms with E-state index in [9.17, 15) is 13.2 Å². The second kappa shape index (κ2) is 8.11. The molecule has 166 valence electrons. The molecule has 1 saturated heterocycles. The van der Waals surface area contributed by atoms with Gasteiger partial charge in [0.15, 0.2) is 5.78 Å². The fraction of sp³-hybridized carbons (Fsp3) is 0.435. The topological polar surface area (TPSA) is 72.9 Å². The van der Waals surface area contributed by atoms with Gasteiger partial charge in [-0.05, 0) is 62.2 Å². The number of fused-ring (bicyclic) bond motifs is 1. The zero-order chi connectivity index (χ0) is 22.4. The Kier molecular flexibility index (Phi) is 5.79. The molecule has 1 spiro atoms. The highest BCUT2D eigenvalue weighted by Gasteiger charge is 2.45. The summed E-state index contributed by atoms with van der Waals surface area (Å²) in [4.78, 5) is 13.2. The number of Topliss-reactive ketones (excluding diaryl/α,β-unsaturated/α-hetero) is 1. The monoisotopic (exact) mass is 463 g/mol. The van der Waals surface area contributed by atoms with E-state index >= 15 is 0 Å². The van der Waals surface area contributed by atoms with Crippen LogP contribution in [0.5, 0.6) is 11.5 Å². The van der Waals surface area contributed by atoms with Gasteiger partial charge in [0.25, 0.3) is 0 Å². The van der Waals surface area contributed by atoms with Gasteiger partial charge in [-0.2, -0.15) is 4.31 Å². The number of rotatable bonds is 4. The molecule has 1 fully saturated rings. The lowest BCUT2D eigenvalue weighted by Crippen LogP contribution is -2.52. The maximum Gasteiger partial charge on any atom is 0.243 e. The number of ketones is 1. The highest BCUT2D eigenvalue weighted by Crippen LogP contribution is 2.43. The average Bonchev–Trinajstić information content (AvgIpc) is 2.72. The van der Waals surface area contributed by atoms with Crippen LogP contribution < -0.4 is 9.47 Å². The van der Waals surface area contributed by atoms with Crippen LogP contribution in [0.15, 0.2) is 35.2 Å². The van der Waals surface area contributed by atoms with Crippen LogP contribution in [-0.4, -0.2) is 43.8 Å². The highest BCUT2D eigenvalue weighted by molar-refractivity contribution is 7.89. The third-order valence-corrected chi connectivity index (χ3v) is 8.63. The number of hydrogen-bond acceptors (Lipinski definition) is 5. The number of nitrogens with zero attached hydrogens (tertiary/aromatic N) is 1. The van der Waals surface area contributed by atoms with Crippen LogP contribution in [0.1, 0.15) is 47.7 Å². The van der Waals surface area contributed by atoms with Crippen LogP contribution in [0.3, 0.4) is 0 Å². The summed E-state index contributed by atoms with van der Waals surface area (Å²) >= 11 is 6.32. The summed E-state index contributed by atoms with van der Waals surface area (Å²) in [5, 5.41) is 0.586. The Balaban J connectivity index is 1.52. The summed E-state index contributed by atoms with van der Waals surface area (Å²) in [5.41, 5.74) is 1.47. The summed E-state index contributed by atoms with van der Waals surface area (Å²) in [7, 11) is -3.62. The van der Waals surface area contributed by atoms with E-state index in [-0.39, 0.29) is 17.1 Å². The van der Waals surface area contributed by atoms with E-state index in [2.05, 4.69) is 0 Å². The van der Waals surface area contributed by atoms with E-state index < -0.39 is 15.6 Å². The van der Waals surface area contributed by atoms with Crippen molar-refractivity contribution in [3.05, 3.63) is 52.0 Å². The van der Waals surface area contributed by atoms with Crippen LogP contribution in [0, 0.1) is 13.8 Å². The van der Waals surface area contributed by atoms with Crippen molar-refractivity contribution >= 4 is 27.4 Å². The van der Waals surface area contributed by atoms with Gasteiger partial charge in [0.2, 0.25) is 10.0 Å². The first kappa shape index (κ1) is 22.1. The van der Waals surface area contributed by atoms with Gasteiger partial charge in [0, 0.05) is 31.0 Å². The fourth-order valence-corrected chi connectivity index (χ4v) is 6.03. The molecule has 31 heavy (non-hydrogen) atoms. The second-order valence-electron chi connectivity index (χ2n) is 8.20. The van der Waals surface area contributed by atoms with E-state index in [1.165, 1.54) is 4.31 Å². The molecule has 0 atom stereocenters. The summed E-state index contributed by atoms with van der Waals surface area (Å²) in [6.07, 6.45) is 1.14. The summed E-state index contributed by atoms with van der Waals surface area (Å²) in [5.74, 6) is 1.19. The average molecular weight is 464 g/mol. The number of carbonyl (C=O) groups excluding carboxylic acids is 1. The number of piperidine rings is 1. The number of ether oxygens (including phenoxy) is 2. The lowest BCUT2D eigenvalue weighted by Gasteiger charge is -2.43. The number of halogens is 1. The van der Waals surface area contributed by atoms with E-state index in [1.54, 1.807) is 24.3 Å². The predicted molar refractivity (Wildman–Crippen MR) is 119 cm³/mol. The Bertz CT molecular complexity index is 1120. The first-order valence-electron chi connectivity index (χ1n) is 10.4. The zero-order valence-corrected chi connectivity index (χ0v) is 19.5. The molecule has 2 aliphatic heterocycles. The van der Waals surface area contributed by atoms with Crippen molar-refractivity contribution in [2.24, 2.45) is 0 Å². The first-order valence-corrected chi connectivity index (χ1v) is 12.2. The largest absolute Gasteiger partial charge is 0.494 e. The van der Waals surface area contributed by atoms with Gasteiger partial charge in [-0.25, -0.2) is 8.42 Å². The molecule has 2 aliphatic rings. The summed E-state index contributed by atoms with van der Waals surface area (Å²) < 4.78 is 39.4. The van der Waals surface area contributed by atoms with Crippen LogP contribution in [0.4, 0.5) is 0 Å². The molecule has 0 saturated carbocycles. The highest BCUT2D eigenvalue weighted by atomic mass is 35.5. The number of carbonyl (C=O) groups is 1. The fourth-order valence-electron chi connectivity index (χ4n) is 4.44. The maximum atomic E-state index is 13.1. The Labute approximate surface area is 188 Å². The van der Waals surface area contributed by atoms with Gasteiger partial charge in [-0.1, -0.05) is 11.6 Å². The van der Waals surface area contributed by atoms with E-state index in [0.717, 1.165) is 11.1 Å². The molecule has 0 aromatic heterocycles. The van der Waals surface area contributed by atoms with Gasteiger partial charge in [0.1, 0.15) is 17.1 Å². The van der Waals surface area contributed by atoms with Crippen LogP contribution >= 0.6 is 11.6 Å². The van der Waals surface area contributed by atoms with Gasteiger partial charge in [-0.3, -0.25) is 4.79 Å². The lowest BCUT2D eigenvalue weighted by atomic mass is 9.82. The minimum absolute atomic E-state index is 0.00321. The number of aryl methyl sites for hydroxylation is 1. The van der Waals surface area contributed by atoms with Gasteiger partial charge in [-0.15, -0.1) is 0 Å². The molecule has 2 aromatic rings. The SMILES string of the molecule is CCOc1ccc(S(=O)(=O)N2CCC3(CC2)CC(=O)c2c(cc(C)c(Cl)c2C)O3)cc1. The molecule has 0 amide bonds. The Morgan fingerprint density at radius 3 is 2.42 bits per heavy atom. The number of benzene rings is 2. The molecule has 0 radical (unpaired) electrons. The molecule has 0 N–H and O–H groups in total. The van der Waals surface area contributed by atoms with Crippen molar-refractivity contribution in [3.63, 3.8) is 0 Å². The minimum atomic E-state index is -3.62. The molecule has 0 bridgehead atoms.